The van der Waals surface area contributed by atoms with Gasteiger partial charge in [-0.05, 0) is 41.8 Å². The second-order valence-corrected chi connectivity index (χ2v) is 8.09. The van der Waals surface area contributed by atoms with Crippen molar-refractivity contribution < 1.29 is 4.79 Å². The van der Waals surface area contributed by atoms with Crippen molar-refractivity contribution in [3.8, 4) is 16.8 Å². The van der Waals surface area contributed by atoms with Crippen molar-refractivity contribution >= 4 is 12.0 Å². The highest BCUT2D eigenvalue weighted by molar-refractivity contribution is 5.85. The number of benzene rings is 3. The minimum Gasteiger partial charge on any atom is -0.359 e. The van der Waals surface area contributed by atoms with Gasteiger partial charge in [-0.1, -0.05) is 66.7 Å². The van der Waals surface area contributed by atoms with Gasteiger partial charge in [0.25, 0.3) is 0 Å². The Morgan fingerprint density at radius 3 is 2.41 bits per heavy atom. The monoisotopic (exact) mass is 422 g/mol. The van der Waals surface area contributed by atoms with E-state index in [0.717, 1.165) is 43.0 Å². The third kappa shape index (κ3) is 3.72. The number of carbonyl (C=O) groups is 1. The molecule has 0 aliphatic carbocycles. The average molecular weight is 423 g/mol. The lowest BCUT2D eigenvalue weighted by atomic mass is 9.97. The smallest absolute Gasteiger partial charge is 0.170 e. The molecular formula is C27H26N4O. The largest absolute Gasteiger partial charge is 0.359 e. The standard InChI is InChI=1S/C27H26N4O/c1-20-27(26(19-32)31(29-20)24-13-6-3-7-14-24)30-16-15-28-18-25(30)23-12-8-11-22(17-23)21-9-4-2-5-10-21/h2-14,17,19,25,28H,15-16,18H2,1H3. The molecule has 1 saturated heterocycles. The predicted molar refractivity (Wildman–Crippen MR) is 129 cm³/mol. The first kappa shape index (κ1) is 20.2. The van der Waals surface area contributed by atoms with Crippen molar-refractivity contribution in [3.63, 3.8) is 0 Å². The molecule has 1 fully saturated rings. The van der Waals surface area contributed by atoms with Crippen LogP contribution in [0.1, 0.15) is 27.8 Å². The van der Waals surface area contributed by atoms with Crippen LogP contribution >= 0.6 is 0 Å². The molecular weight excluding hydrogens is 396 g/mol. The molecule has 5 heteroatoms. The lowest BCUT2D eigenvalue weighted by Crippen LogP contribution is -2.46. The number of nitrogens with one attached hydrogen (secondary N) is 1. The third-order valence-corrected chi connectivity index (χ3v) is 6.09. The quantitative estimate of drug-likeness (QED) is 0.469. The minimum atomic E-state index is 0.109. The van der Waals surface area contributed by atoms with E-state index < -0.39 is 0 Å². The van der Waals surface area contributed by atoms with E-state index in [2.05, 4.69) is 58.7 Å². The molecule has 1 aromatic heterocycles. The number of hydrogen-bond donors (Lipinski definition) is 1. The molecule has 0 bridgehead atoms. The van der Waals surface area contributed by atoms with Crippen LogP contribution in [0.2, 0.25) is 0 Å². The molecule has 5 nitrogen and oxygen atoms in total. The van der Waals surface area contributed by atoms with E-state index in [1.165, 1.54) is 16.7 Å². The van der Waals surface area contributed by atoms with Crippen LogP contribution in [-0.4, -0.2) is 35.7 Å². The van der Waals surface area contributed by atoms with E-state index in [9.17, 15) is 4.79 Å². The molecule has 1 N–H and O–H groups in total. The molecule has 0 spiro atoms. The van der Waals surface area contributed by atoms with Crippen molar-refractivity contribution in [3.05, 3.63) is 102 Å². The zero-order valence-electron chi connectivity index (χ0n) is 18.1. The predicted octanol–water partition coefficient (Wildman–Crippen LogP) is 4.81. The second kappa shape index (κ2) is 8.81. The number of piperazine rings is 1. The fourth-order valence-electron chi connectivity index (χ4n) is 4.59. The number of aldehydes is 1. The van der Waals surface area contributed by atoms with Crippen molar-refractivity contribution in [2.24, 2.45) is 0 Å². The molecule has 4 aromatic rings. The molecule has 1 aliphatic heterocycles. The topological polar surface area (TPSA) is 50.2 Å². The molecule has 32 heavy (non-hydrogen) atoms. The Labute approximate surface area is 188 Å². The van der Waals surface area contributed by atoms with Gasteiger partial charge in [0.2, 0.25) is 0 Å². The summed E-state index contributed by atoms with van der Waals surface area (Å²) >= 11 is 0. The fourth-order valence-corrected chi connectivity index (χ4v) is 4.59. The van der Waals surface area contributed by atoms with Gasteiger partial charge < -0.3 is 10.2 Å². The van der Waals surface area contributed by atoms with Gasteiger partial charge in [0, 0.05) is 19.6 Å². The SMILES string of the molecule is Cc1nn(-c2ccccc2)c(C=O)c1N1CCNCC1c1cccc(-c2ccccc2)c1. The Morgan fingerprint density at radius 2 is 1.66 bits per heavy atom. The molecule has 0 amide bonds. The number of para-hydroxylation sites is 1. The number of hydrogen-bond acceptors (Lipinski definition) is 4. The van der Waals surface area contributed by atoms with Crippen molar-refractivity contribution in [2.45, 2.75) is 13.0 Å². The van der Waals surface area contributed by atoms with Crippen LogP contribution in [0.25, 0.3) is 16.8 Å². The molecule has 1 unspecified atom stereocenters. The highest BCUT2D eigenvalue weighted by Gasteiger charge is 2.30. The van der Waals surface area contributed by atoms with Crippen molar-refractivity contribution in [2.75, 3.05) is 24.5 Å². The van der Waals surface area contributed by atoms with Gasteiger partial charge in [-0.2, -0.15) is 5.10 Å². The summed E-state index contributed by atoms with van der Waals surface area (Å²) in [5, 5.41) is 8.27. The van der Waals surface area contributed by atoms with Crippen LogP contribution in [0.4, 0.5) is 5.69 Å². The Kier molecular flexibility index (Phi) is 5.57. The van der Waals surface area contributed by atoms with E-state index in [1.807, 2.05) is 43.3 Å². The highest BCUT2D eigenvalue weighted by atomic mass is 16.1. The van der Waals surface area contributed by atoms with E-state index >= 15 is 0 Å². The van der Waals surface area contributed by atoms with Gasteiger partial charge in [0.15, 0.2) is 6.29 Å². The molecule has 0 saturated carbocycles. The first-order valence-electron chi connectivity index (χ1n) is 11.0. The maximum absolute atomic E-state index is 12.3. The van der Waals surface area contributed by atoms with E-state index in [0.29, 0.717) is 5.69 Å². The number of anilines is 1. The van der Waals surface area contributed by atoms with Gasteiger partial charge in [-0.15, -0.1) is 0 Å². The van der Waals surface area contributed by atoms with Crippen LogP contribution < -0.4 is 10.2 Å². The van der Waals surface area contributed by atoms with Crippen molar-refractivity contribution in [1.82, 2.24) is 15.1 Å². The zero-order chi connectivity index (χ0) is 21.9. The van der Waals surface area contributed by atoms with Crippen LogP contribution in [0.15, 0.2) is 84.9 Å². The molecule has 1 aliphatic rings. The first-order chi connectivity index (χ1) is 15.8. The second-order valence-electron chi connectivity index (χ2n) is 8.09. The summed E-state index contributed by atoms with van der Waals surface area (Å²) in [6, 6.07) is 29.1. The molecule has 3 aromatic carbocycles. The summed E-state index contributed by atoms with van der Waals surface area (Å²) in [5.41, 5.74) is 6.89. The van der Waals surface area contributed by atoms with Crippen LogP contribution in [0, 0.1) is 6.92 Å². The normalized spacial score (nSPS) is 16.2. The van der Waals surface area contributed by atoms with Gasteiger partial charge in [-0.25, -0.2) is 4.68 Å². The average Bonchev–Trinajstić information content (AvgIpc) is 3.21. The Balaban J connectivity index is 1.57. The van der Waals surface area contributed by atoms with E-state index in [1.54, 1.807) is 4.68 Å². The van der Waals surface area contributed by atoms with Gasteiger partial charge in [-0.3, -0.25) is 4.79 Å². The Bertz CT molecular complexity index is 1220. The van der Waals surface area contributed by atoms with Gasteiger partial charge in [0.1, 0.15) is 5.69 Å². The summed E-state index contributed by atoms with van der Waals surface area (Å²) < 4.78 is 1.76. The number of nitrogens with zero attached hydrogens (tertiary/aromatic N) is 3. The summed E-state index contributed by atoms with van der Waals surface area (Å²) in [7, 11) is 0. The van der Waals surface area contributed by atoms with E-state index in [4.69, 9.17) is 5.10 Å². The first-order valence-corrected chi connectivity index (χ1v) is 11.0. The fraction of sp³-hybridized carbons (Fsp3) is 0.185. The van der Waals surface area contributed by atoms with Crippen molar-refractivity contribution in [1.29, 1.82) is 0 Å². The molecule has 2 heterocycles. The van der Waals surface area contributed by atoms with Gasteiger partial charge in [0.05, 0.1) is 23.1 Å². The lowest BCUT2D eigenvalue weighted by molar-refractivity contribution is 0.111. The summed E-state index contributed by atoms with van der Waals surface area (Å²) in [6.45, 7) is 4.47. The molecule has 1 atom stereocenters. The van der Waals surface area contributed by atoms with Crippen LogP contribution in [-0.2, 0) is 0 Å². The maximum atomic E-state index is 12.3. The number of aryl methyl sites for hydroxylation is 1. The Hall–Kier alpha value is -3.70. The molecule has 160 valence electrons. The minimum absolute atomic E-state index is 0.109. The summed E-state index contributed by atoms with van der Waals surface area (Å²) in [4.78, 5) is 14.6. The van der Waals surface area contributed by atoms with Gasteiger partial charge >= 0.3 is 0 Å². The molecule has 0 radical (unpaired) electrons. The van der Waals surface area contributed by atoms with Crippen LogP contribution in [0.5, 0.6) is 0 Å². The Morgan fingerprint density at radius 1 is 0.938 bits per heavy atom. The summed E-state index contributed by atoms with van der Waals surface area (Å²) in [5.74, 6) is 0. The maximum Gasteiger partial charge on any atom is 0.170 e. The number of rotatable bonds is 5. The lowest BCUT2D eigenvalue weighted by Gasteiger charge is -2.38. The summed E-state index contributed by atoms with van der Waals surface area (Å²) in [6.07, 6.45) is 0.932. The highest BCUT2D eigenvalue weighted by Crippen LogP contribution is 2.35. The van der Waals surface area contributed by atoms with Crippen LogP contribution in [0.3, 0.4) is 0 Å². The number of carbonyl (C=O) groups excluding carboxylic acids is 1. The van der Waals surface area contributed by atoms with E-state index in [-0.39, 0.29) is 6.04 Å². The molecule has 5 rings (SSSR count). The zero-order valence-corrected chi connectivity index (χ0v) is 18.1. The number of aromatic nitrogens is 2. The third-order valence-electron chi connectivity index (χ3n) is 6.09.